The molecule has 1 aliphatic carbocycles. The summed E-state index contributed by atoms with van der Waals surface area (Å²) < 4.78 is 10.5. The summed E-state index contributed by atoms with van der Waals surface area (Å²) >= 11 is 0. The molecule has 0 saturated heterocycles. The average Bonchev–Trinajstić information content (AvgIpc) is 3.08. The first-order valence-corrected chi connectivity index (χ1v) is 10.8. The number of fused-ring (bicyclic) bond motifs is 3. The van der Waals surface area contributed by atoms with Gasteiger partial charge in [0.1, 0.15) is 13.2 Å². The number of ether oxygens (including phenoxy) is 2. The molecular weight excluding hydrogens is 424 g/mol. The van der Waals surface area contributed by atoms with Crippen LogP contribution in [-0.4, -0.2) is 66.9 Å². The van der Waals surface area contributed by atoms with Crippen molar-refractivity contribution in [2.24, 2.45) is 0 Å². The highest BCUT2D eigenvalue weighted by Gasteiger charge is 2.31. The van der Waals surface area contributed by atoms with E-state index in [-0.39, 0.29) is 32.1 Å². The molecule has 8 nitrogen and oxygen atoms in total. The van der Waals surface area contributed by atoms with E-state index in [1.807, 2.05) is 36.4 Å². The Kier molecular flexibility index (Phi) is 7.71. The highest BCUT2D eigenvalue weighted by Crippen LogP contribution is 2.44. The fourth-order valence-electron chi connectivity index (χ4n) is 4.10. The quantitative estimate of drug-likeness (QED) is 0.571. The molecular formula is C25H30N2O6. The van der Waals surface area contributed by atoms with Crippen LogP contribution in [0.15, 0.2) is 48.5 Å². The molecule has 1 aliphatic rings. The predicted octanol–water partition coefficient (Wildman–Crippen LogP) is 3.25. The fourth-order valence-corrected chi connectivity index (χ4v) is 4.10. The Labute approximate surface area is 193 Å². The monoisotopic (exact) mass is 454 g/mol. The summed E-state index contributed by atoms with van der Waals surface area (Å²) in [6.07, 6.45) is -0.704. The minimum atomic E-state index is -1.11. The molecule has 0 aliphatic heterocycles. The van der Waals surface area contributed by atoms with Gasteiger partial charge in [0.05, 0.1) is 6.61 Å². The van der Waals surface area contributed by atoms with Crippen LogP contribution in [-0.2, 0) is 19.1 Å². The van der Waals surface area contributed by atoms with Gasteiger partial charge in [-0.1, -0.05) is 48.5 Å². The smallest absolute Gasteiger partial charge is 0.407 e. The van der Waals surface area contributed by atoms with Gasteiger partial charge < -0.3 is 24.8 Å². The Morgan fingerprint density at radius 3 is 2.15 bits per heavy atom. The molecule has 2 aromatic carbocycles. The largest absolute Gasteiger partial charge is 0.480 e. The Morgan fingerprint density at radius 1 is 1.03 bits per heavy atom. The van der Waals surface area contributed by atoms with Crippen molar-refractivity contribution in [1.29, 1.82) is 0 Å². The van der Waals surface area contributed by atoms with Crippen LogP contribution in [0.3, 0.4) is 0 Å². The molecule has 0 fully saturated rings. The van der Waals surface area contributed by atoms with Gasteiger partial charge in [0, 0.05) is 31.5 Å². The SMILES string of the molecule is COCCN(CC(=O)O)C(=O)CC(C)(C)NC(=O)OCC1c2ccccc2-c2ccccc21. The third kappa shape index (κ3) is 6.10. The number of carboxylic acids is 1. The molecule has 2 aromatic rings. The van der Waals surface area contributed by atoms with Gasteiger partial charge in [-0.3, -0.25) is 9.59 Å². The third-order valence-electron chi connectivity index (χ3n) is 5.62. The number of hydrogen-bond acceptors (Lipinski definition) is 5. The number of carbonyl (C=O) groups excluding carboxylic acids is 2. The van der Waals surface area contributed by atoms with Crippen molar-refractivity contribution in [1.82, 2.24) is 10.2 Å². The predicted molar refractivity (Wildman–Crippen MR) is 123 cm³/mol. The number of nitrogens with zero attached hydrogens (tertiary/aromatic N) is 1. The number of rotatable bonds is 10. The van der Waals surface area contributed by atoms with Crippen molar-refractivity contribution >= 4 is 18.0 Å². The molecule has 0 spiro atoms. The van der Waals surface area contributed by atoms with E-state index in [0.29, 0.717) is 0 Å². The van der Waals surface area contributed by atoms with Crippen LogP contribution in [0.2, 0.25) is 0 Å². The van der Waals surface area contributed by atoms with E-state index in [1.54, 1.807) is 13.8 Å². The number of benzene rings is 2. The second-order valence-electron chi connectivity index (χ2n) is 8.71. The van der Waals surface area contributed by atoms with Crippen molar-refractivity contribution < 1.29 is 29.0 Å². The van der Waals surface area contributed by atoms with Gasteiger partial charge in [0.2, 0.25) is 5.91 Å². The van der Waals surface area contributed by atoms with Gasteiger partial charge in [-0.2, -0.15) is 0 Å². The number of aliphatic carboxylic acids is 1. The van der Waals surface area contributed by atoms with E-state index in [4.69, 9.17) is 14.6 Å². The molecule has 0 aromatic heterocycles. The maximum Gasteiger partial charge on any atom is 0.407 e. The van der Waals surface area contributed by atoms with Crippen LogP contribution >= 0.6 is 0 Å². The lowest BCUT2D eigenvalue weighted by molar-refractivity contribution is -0.145. The normalized spacial score (nSPS) is 12.6. The number of methoxy groups -OCH3 is 1. The second kappa shape index (κ2) is 10.5. The summed E-state index contributed by atoms with van der Waals surface area (Å²) in [7, 11) is 1.48. The fraction of sp³-hybridized carbons (Fsp3) is 0.400. The van der Waals surface area contributed by atoms with Crippen molar-refractivity contribution in [3.05, 3.63) is 59.7 Å². The molecule has 2 N–H and O–H groups in total. The molecule has 176 valence electrons. The zero-order valence-corrected chi connectivity index (χ0v) is 19.2. The Balaban J connectivity index is 1.60. The summed E-state index contributed by atoms with van der Waals surface area (Å²) in [6.45, 7) is 3.51. The average molecular weight is 455 g/mol. The molecule has 0 atom stereocenters. The van der Waals surface area contributed by atoms with Crippen LogP contribution < -0.4 is 5.32 Å². The first-order chi connectivity index (χ1) is 15.7. The van der Waals surface area contributed by atoms with Gasteiger partial charge in [0.15, 0.2) is 0 Å². The van der Waals surface area contributed by atoms with Gasteiger partial charge in [-0.25, -0.2) is 4.79 Å². The molecule has 0 saturated carbocycles. The van der Waals surface area contributed by atoms with E-state index in [9.17, 15) is 14.4 Å². The number of alkyl carbamates (subject to hydrolysis) is 1. The lowest BCUT2D eigenvalue weighted by atomic mass is 9.98. The number of amides is 2. The molecule has 0 bridgehead atoms. The van der Waals surface area contributed by atoms with Gasteiger partial charge >= 0.3 is 12.1 Å². The molecule has 2 amide bonds. The van der Waals surface area contributed by atoms with E-state index < -0.39 is 30.1 Å². The zero-order valence-electron chi connectivity index (χ0n) is 19.2. The summed E-state index contributed by atoms with van der Waals surface area (Å²) in [5.74, 6) is -1.56. The maximum absolute atomic E-state index is 12.6. The van der Waals surface area contributed by atoms with Crippen molar-refractivity contribution in [3.8, 4) is 11.1 Å². The second-order valence-corrected chi connectivity index (χ2v) is 8.71. The van der Waals surface area contributed by atoms with Crippen molar-refractivity contribution in [3.63, 3.8) is 0 Å². The highest BCUT2D eigenvalue weighted by atomic mass is 16.5. The van der Waals surface area contributed by atoms with Gasteiger partial charge in [-0.05, 0) is 36.1 Å². The topological polar surface area (TPSA) is 105 Å². The van der Waals surface area contributed by atoms with Crippen LogP contribution in [0, 0.1) is 0 Å². The first kappa shape index (κ1) is 24.3. The summed E-state index contributed by atoms with van der Waals surface area (Å²) in [5, 5.41) is 11.8. The summed E-state index contributed by atoms with van der Waals surface area (Å²) in [4.78, 5) is 37.5. The van der Waals surface area contributed by atoms with E-state index >= 15 is 0 Å². The Bertz CT molecular complexity index is 974. The van der Waals surface area contributed by atoms with E-state index in [1.165, 1.54) is 12.0 Å². The lowest BCUT2D eigenvalue weighted by Crippen LogP contribution is -2.49. The van der Waals surface area contributed by atoms with E-state index in [0.717, 1.165) is 22.3 Å². The Hall–Kier alpha value is -3.39. The number of carboxylic acid groups (broad SMARTS) is 1. The molecule has 0 unspecified atom stereocenters. The standard InChI is InChI=1S/C25H30N2O6/c1-25(2,14-22(28)27(12-13-32-3)15-23(29)30)26-24(31)33-16-21-19-10-6-4-8-17(19)18-9-5-7-11-20(18)21/h4-11,21H,12-16H2,1-3H3,(H,26,31)(H,29,30). The summed E-state index contributed by atoms with van der Waals surface area (Å²) in [6, 6.07) is 16.1. The van der Waals surface area contributed by atoms with Crippen molar-refractivity contribution in [2.45, 2.75) is 31.7 Å². The minimum absolute atomic E-state index is 0.0620. The van der Waals surface area contributed by atoms with Crippen LogP contribution in [0.25, 0.3) is 11.1 Å². The molecule has 0 heterocycles. The first-order valence-electron chi connectivity index (χ1n) is 10.8. The molecule has 33 heavy (non-hydrogen) atoms. The summed E-state index contributed by atoms with van der Waals surface area (Å²) in [5.41, 5.74) is 3.58. The van der Waals surface area contributed by atoms with Crippen LogP contribution in [0.5, 0.6) is 0 Å². The highest BCUT2D eigenvalue weighted by molar-refractivity contribution is 5.83. The van der Waals surface area contributed by atoms with Gasteiger partial charge in [-0.15, -0.1) is 0 Å². The van der Waals surface area contributed by atoms with Gasteiger partial charge in [0.25, 0.3) is 0 Å². The Morgan fingerprint density at radius 2 is 1.61 bits per heavy atom. The third-order valence-corrected chi connectivity index (χ3v) is 5.62. The number of hydrogen-bond donors (Lipinski definition) is 2. The van der Waals surface area contributed by atoms with E-state index in [2.05, 4.69) is 17.4 Å². The zero-order chi connectivity index (χ0) is 24.0. The number of carbonyl (C=O) groups is 3. The lowest BCUT2D eigenvalue weighted by Gasteiger charge is -2.29. The van der Waals surface area contributed by atoms with Crippen molar-refractivity contribution in [2.75, 3.05) is 33.4 Å². The molecule has 0 radical (unpaired) electrons. The van der Waals surface area contributed by atoms with Crippen LogP contribution in [0.1, 0.15) is 37.3 Å². The molecule has 3 rings (SSSR count). The molecule has 8 heteroatoms. The minimum Gasteiger partial charge on any atom is -0.480 e. The number of nitrogens with one attached hydrogen (secondary N) is 1. The van der Waals surface area contributed by atoms with Crippen LogP contribution in [0.4, 0.5) is 4.79 Å². The maximum atomic E-state index is 12.6.